The Labute approximate surface area is 88.6 Å². The number of hydrogen-bond acceptors (Lipinski definition) is 3. The van der Waals surface area contributed by atoms with Gasteiger partial charge in [0.1, 0.15) is 0 Å². The maximum Gasteiger partial charge on any atom is 0.228 e. The van der Waals surface area contributed by atoms with Crippen molar-refractivity contribution in [1.82, 2.24) is 9.78 Å². The normalized spacial score (nSPS) is 25.5. The summed E-state index contributed by atoms with van der Waals surface area (Å²) in [6, 6.07) is 1.97. The first kappa shape index (κ1) is 10.2. The van der Waals surface area contributed by atoms with Crippen LogP contribution in [0.2, 0.25) is 0 Å². The highest BCUT2D eigenvalue weighted by atomic mass is 16.2. The monoisotopic (exact) mass is 208 g/mol. The fraction of sp³-hybridized carbons (Fsp3) is 0.600. The van der Waals surface area contributed by atoms with Gasteiger partial charge in [-0.1, -0.05) is 0 Å². The van der Waals surface area contributed by atoms with E-state index in [9.17, 15) is 4.79 Å². The maximum absolute atomic E-state index is 11.8. The number of anilines is 1. The second-order valence-corrected chi connectivity index (χ2v) is 4.13. The van der Waals surface area contributed by atoms with Crippen molar-refractivity contribution in [3.63, 3.8) is 0 Å². The van der Waals surface area contributed by atoms with E-state index in [1.54, 1.807) is 16.9 Å². The molecule has 2 atom stereocenters. The van der Waals surface area contributed by atoms with Crippen molar-refractivity contribution in [3.05, 3.63) is 12.3 Å². The molecule has 2 rings (SSSR count). The highest BCUT2D eigenvalue weighted by molar-refractivity contribution is 5.91. The number of nitrogens with two attached hydrogens (primary N) is 1. The van der Waals surface area contributed by atoms with Gasteiger partial charge in [0.05, 0.1) is 0 Å². The van der Waals surface area contributed by atoms with Gasteiger partial charge in [-0.15, -0.1) is 0 Å². The Morgan fingerprint density at radius 2 is 2.47 bits per heavy atom. The Balaban J connectivity index is 1.92. The van der Waals surface area contributed by atoms with Crippen molar-refractivity contribution in [2.75, 3.05) is 5.32 Å². The van der Waals surface area contributed by atoms with Crippen molar-refractivity contribution >= 4 is 11.7 Å². The molecule has 1 aliphatic rings. The van der Waals surface area contributed by atoms with E-state index in [0.717, 1.165) is 19.3 Å². The molecule has 82 valence electrons. The van der Waals surface area contributed by atoms with E-state index in [1.165, 1.54) is 0 Å². The first-order valence-electron chi connectivity index (χ1n) is 5.21. The number of nitrogens with zero attached hydrogens (tertiary/aromatic N) is 2. The van der Waals surface area contributed by atoms with Crippen LogP contribution >= 0.6 is 0 Å². The van der Waals surface area contributed by atoms with E-state index in [4.69, 9.17) is 5.73 Å². The standard InChI is InChI=1S/C10H16N4O/c1-14-5-4-9(13-14)12-10(15)7-2-3-8(11)6-7/h4-5,7-8H,2-3,6,11H2,1H3,(H,12,13,15). The lowest BCUT2D eigenvalue weighted by Crippen LogP contribution is -2.23. The molecule has 1 saturated carbocycles. The average Bonchev–Trinajstić information content (AvgIpc) is 2.75. The van der Waals surface area contributed by atoms with Crippen LogP contribution in [0.25, 0.3) is 0 Å². The summed E-state index contributed by atoms with van der Waals surface area (Å²) < 4.78 is 1.66. The van der Waals surface area contributed by atoms with Gasteiger partial charge in [-0.25, -0.2) is 0 Å². The molecule has 3 N–H and O–H groups in total. The van der Waals surface area contributed by atoms with Crippen molar-refractivity contribution in [1.29, 1.82) is 0 Å². The van der Waals surface area contributed by atoms with Crippen molar-refractivity contribution in [2.45, 2.75) is 25.3 Å². The zero-order chi connectivity index (χ0) is 10.8. The average molecular weight is 208 g/mol. The summed E-state index contributed by atoms with van der Waals surface area (Å²) in [7, 11) is 1.82. The molecular weight excluding hydrogens is 192 g/mol. The molecule has 0 bridgehead atoms. The smallest absolute Gasteiger partial charge is 0.228 e. The van der Waals surface area contributed by atoms with Crippen molar-refractivity contribution < 1.29 is 4.79 Å². The van der Waals surface area contributed by atoms with Crippen LogP contribution in [0.3, 0.4) is 0 Å². The van der Waals surface area contributed by atoms with E-state index in [2.05, 4.69) is 10.4 Å². The van der Waals surface area contributed by atoms with Gasteiger partial charge in [0, 0.05) is 31.3 Å². The Morgan fingerprint density at radius 1 is 1.67 bits per heavy atom. The summed E-state index contributed by atoms with van der Waals surface area (Å²) in [6.07, 6.45) is 4.43. The molecule has 0 radical (unpaired) electrons. The van der Waals surface area contributed by atoms with Crippen LogP contribution in [0.15, 0.2) is 12.3 Å². The van der Waals surface area contributed by atoms with E-state index >= 15 is 0 Å². The minimum absolute atomic E-state index is 0.0432. The van der Waals surface area contributed by atoms with Crippen LogP contribution in [0.1, 0.15) is 19.3 Å². The molecule has 1 amide bonds. The first-order chi connectivity index (χ1) is 7.15. The SMILES string of the molecule is Cn1ccc(NC(=O)C2CCC(N)C2)n1. The lowest BCUT2D eigenvalue weighted by Gasteiger charge is -2.08. The van der Waals surface area contributed by atoms with Gasteiger partial charge in [0.2, 0.25) is 5.91 Å². The van der Waals surface area contributed by atoms with Gasteiger partial charge in [-0.3, -0.25) is 9.48 Å². The van der Waals surface area contributed by atoms with E-state index in [1.807, 2.05) is 7.05 Å². The molecule has 1 heterocycles. The number of nitrogens with one attached hydrogen (secondary N) is 1. The van der Waals surface area contributed by atoms with Gasteiger partial charge in [0.15, 0.2) is 5.82 Å². The minimum Gasteiger partial charge on any atom is -0.328 e. The third-order valence-corrected chi connectivity index (χ3v) is 2.81. The van der Waals surface area contributed by atoms with E-state index < -0.39 is 0 Å². The van der Waals surface area contributed by atoms with Crippen LogP contribution in [-0.4, -0.2) is 21.7 Å². The summed E-state index contributed by atoms with van der Waals surface area (Å²) in [4.78, 5) is 11.8. The lowest BCUT2D eigenvalue weighted by atomic mass is 10.1. The number of carbonyl (C=O) groups excluding carboxylic acids is 1. The highest BCUT2D eigenvalue weighted by Gasteiger charge is 2.27. The van der Waals surface area contributed by atoms with Crippen molar-refractivity contribution in [3.8, 4) is 0 Å². The van der Waals surface area contributed by atoms with Crippen LogP contribution in [-0.2, 0) is 11.8 Å². The molecule has 0 aliphatic heterocycles. The molecule has 0 aromatic carbocycles. The molecule has 1 aliphatic carbocycles. The third kappa shape index (κ3) is 2.36. The van der Waals surface area contributed by atoms with Crippen LogP contribution in [0, 0.1) is 5.92 Å². The Kier molecular flexibility index (Phi) is 2.73. The second kappa shape index (κ2) is 4.02. The number of rotatable bonds is 2. The van der Waals surface area contributed by atoms with Gasteiger partial charge >= 0.3 is 0 Å². The van der Waals surface area contributed by atoms with E-state index in [-0.39, 0.29) is 17.9 Å². The Morgan fingerprint density at radius 3 is 3.00 bits per heavy atom. The molecule has 5 nitrogen and oxygen atoms in total. The zero-order valence-corrected chi connectivity index (χ0v) is 8.81. The van der Waals surface area contributed by atoms with Crippen LogP contribution in [0.5, 0.6) is 0 Å². The summed E-state index contributed by atoms with van der Waals surface area (Å²) in [5.74, 6) is 0.714. The maximum atomic E-state index is 11.8. The number of amides is 1. The predicted octanol–water partition coefficient (Wildman–Crippen LogP) is 0.486. The van der Waals surface area contributed by atoms with Crippen LogP contribution < -0.4 is 11.1 Å². The minimum atomic E-state index is 0.0432. The zero-order valence-electron chi connectivity index (χ0n) is 8.81. The molecule has 15 heavy (non-hydrogen) atoms. The molecule has 0 saturated heterocycles. The number of aromatic nitrogens is 2. The second-order valence-electron chi connectivity index (χ2n) is 4.13. The summed E-state index contributed by atoms with van der Waals surface area (Å²) in [6.45, 7) is 0. The lowest BCUT2D eigenvalue weighted by molar-refractivity contribution is -0.119. The summed E-state index contributed by atoms with van der Waals surface area (Å²) in [5.41, 5.74) is 5.76. The number of hydrogen-bond donors (Lipinski definition) is 2. The number of carbonyl (C=O) groups is 1. The largest absolute Gasteiger partial charge is 0.328 e. The summed E-state index contributed by atoms with van der Waals surface area (Å²) in [5, 5.41) is 6.89. The molecule has 1 aromatic rings. The van der Waals surface area contributed by atoms with Gasteiger partial charge in [-0.2, -0.15) is 5.10 Å². The Hall–Kier alpha value is -1.36. The number of aryl methyl sites for hydroxylation is 1. The first-order valence-corrected chi connectivity index (χ1v) is 5.21. The van der Waals surface area contributed by atoms with Gasteiger partial charge in [-0.05, 0) is 19.3 Å². The molecule has 2 unspecified atom stereocenters. The molecule has 1 aromatic heterocycles. The molecule has 0 spiro atoms. The third-order valence-electron chi connectivity index (χ3n) is 2.81. The molecule has 5 heteroatoms. The topological polar surface area (TPSA) is 72.9 Å². The van der Waals surface area contributed by atoms with Gasteiger partial charge < -0.3 is 11.1 Å². The van der Waals surface area contributed by atoms with Gasteiger partial charge in [0.25, 0.3) is 0 Å². The summed E-state index contributed by atoms with van der Waals surface area (Å²) >= 11 is 0. The molecule has 1 fully saturated rings. The Bertz CT molecular complexity index is 360. The van der Waals surface area contributed by atoms with Crippen LogP contribution in [0.4, 0.5) is 5.82 Å². The van der Waals surface area contributed by atoms with Crippen molar-refractivity contribution in [2.24, 2.45) is 18.7 Å². The fourth-order valence-electron chi connectivity index (χ4n) is 1.96. The predicted molar refractivity (Wildman–Crippen MR) is 57.2 cm³/mol. The fourth-order valence-corrected chi connectivity index (χ4v) is 1.96. The molecular formula is C10H16N4O. The highest BCUT2D eigenvalue weighted by Crippen LogP contribution is 2.25. The van der Waals surface area contributed by atoms with E-state index in [0.29, 0.717) is 5.82 Å². The quantitative estimate of drug-likeness (QED) is 0.742.